The van der Waals surface area contributed by atoms with Gasteiger partial charge in [-0.25, -0.2) is 9.97 Å². The van der Waals surface area contributed by atoms with Gasteiger partial charge in [0, 0.05) is 43.1 Å². The molecule has 0 aromatic carbocycles. The maximum absolute atomic E-state index is 4.73. The molecule has 0 amide bonds. The molecule has 1 unspecified atom stereocenters. The number of aromatic nitrogens is 2. The van der Waals surface area contributed by atoms with Crippen molar-refractivity contribution in [2.45, 2.75) is 38.9 Å². The van der Waals surface area contributed by atoms with E-state index >= 15 is 0 Å². The Kier molecular flexibility index (Phi) is 5.31. The topological polar surface area (TPSA) is 41.1 Å². The lowest BCUT2D eigenvalue weighted by atomic mass is 10.3. The van der Waals surface area contributed by atoms with Gasteiger partial charge in [-0.1, -0.05) is 13.8 Å². The van der Waals surface area contributed by atoms with E-state index in [0.29, 0.717) is 5.25 Å². The predicted octanol–water partition coefficient (Wildman–Crippen LogP) is 2.80. The zero-order valence-corrected chi connectivity index (χ0v) is 13.0. The highest BCUT2D eigenvalue weighted by Crippen LogP contribution is 2.24. The third-order valence-corrected chi connectivity index (χ3v) is 4.29. The van der Waals surface area contributed by atoms with Crippen LogP contribution in [0.1, 0.15) is 33.0 Å². The van der Waals surface area contributed by atoms with Gasteiger partial charge in [-0.3, -0.25) is 0 Å². The minimum Gasteiger partial charge on any atom is -0.370 e. The molecule has 2 heterocycles. The lowest BCUT2D eigenvalue weighted by molar-refractivity contribution is 0.753. The zero-order chi connectivity index (χ0) is 13.7. The van der Waals surface area contributed by atoms with Gasteiger partial charge in [0.05, 0.1) is 0 Å². The lowest BCUT2D eigenvalue weighted by Crippen LogP contribution is -2.37. The zero-order valence-electron chi connectivity index (χ0n) is 12.1. The van der Waals surface area contributed by atoms with Gasteiger partial charge < -0.3 is 10.2 Å². The summed E-state index contributed by atoms with van der Waals surface area (Å²) in [4.78, 5) is 11.7. The Labute approximate surface area is 120 Å². The first-order valence-corrected chi connectivity index (χ1v) is 8.26. The van der Waals surface area contributed by atoms with E-state index in [9.17, 15) is 0 Å². The van der Waals surface area contributed by atoms with E-state index in [1.807, 2.05) is 11.8 Å². The van der Waals surface area contributed by atoms with Crippen LogP contribution in [0.15, 0.2) is 6.07 Å². The van der Waals surface area contributed by atoms with E-state index in [0.717, 1.165) is 49.9 Å². The molecule has 4 nitrogen and oxygen atoms in total. The summed E-state index contributed by atoms with van der Waals surface area (Å²) in [5, 5.41) is 4.00. The summed E-state index contributed by atoms with van der Waals surface area (Å²) in [6.07, 6.45) is 2.03. The first-order chi connectivity index (χ1) is 9.22. The van der Waals surface area contributed by atoms with Crippen LogP contribution in [0.25, 0.3) is 0 Å². The van der Waals surface area contributed by atoms with E-state index in [-0.39, 0.29) is 0 Å². The number of thioether (sulfide) groups is 1. The monoisotopic (exact) mass is 280 g/mol. The van der Waals surface area contributed by atoms with Crippen LogP contribution in [-0.4, -0.2) is 40.6 Å². The molecule has 1 aliphatic heterocycles. The lowest BCUT2D eigenvalue weighted by Gasteiger charge is -2.31. The van der Waals surface area contributed by atoms with E-state index in [2.05, 4.69) is 42.0 Å². The van der Waals surface area contributed by atoms with Gasteiger partial charge in [0.2, 0.25) is 0 Å². The maximum Gasteiger partial charge on any atom is 0.134 e. The third kappa shape index (κ3) is 4.00. The molecule has 0 spiro atoms. The molecule has 106 valence electrons. The largest absolute Gasteiger partial charge is 0.370 e. The Morgan fingerprint density at radius 3 is 2.95 bits per heavy atom. The highest BCUT2D eigenvalue weighted by molar-refractivity contribution is 8.00. The van der Waals surface area contributed by atoms with Gasteiger partial charge in [-0.15, -0.1) is 0 Å². The van der Waals surface area contributed by atoms with Crippen molar-refractivity contribution in [2.75, 3.05) is 35.6 Å². The first kappa shape index (κ1) is 14.4. The van der Waals surface area contributed by atoms with Gasteiger partial charge in [0.15, 0.2) is 0 Å². The van der Waals surface area contributed by atoms with Crippen LogP contribution in [0.3, 0.4) is 0 Å². The molecule has 0 radical (unpaired) electrons. The smallest absolute Gasteiger partial charge is 0.134 e. The second-order valence-corrected chi connectivity index (χ2v) is 6.48. The summed E-state index contributed by atoms with van der Waals surface area (Å²) in [6, 6.07) is 2.09. The fraction of sp³-hybridized carbons (Fsp3) is 0.714. The molecule has 19 heavy (non-hydrogen) atoms. The molecule has 1 N–H and O–H groups in total. The molecule has 1 aromatic rings. The average Bonchev–Trinajstić information content (AvgIpc) is 2.39. The molecule has 0 aliphatic carbocycles. The summed E-state index contributed by atoms with van der Waals surface area (Å²) in [5.41, 5.74) is 0. The SMILES string of the molecule is CCCc1nc(NCC)cc(N2CCSC(C)C2)n1. The van der Waals surface area contributed by atoms with Gasteiger partial charge in [-0.05, 0) is 13.3 Å². The van der Waals surface area contributed by atoms with Crippen LogP contribution in [0, 0.1) is 0 Å². The number of aryl methyl sites for hydroxylation is 1. The second-order valence-electron chi connectivity index (χ2n) is 4.94. The molecule has 1 fully saturated rings. The molecule has 0 saturated carbocycles. The second kappa shape index (κ2) is 6.98. The molecule has 0 bridgehead atoms. The van der Waals surface area contributed by atoms with Crippen LogP contribution in [-0.2, 0) is 6.42 Å². The molecule has 2 rings (SSSR count). The van der Waals surface area contributed by atoms with E-state index in [1.54, 1.807) is 0 Å². The number of nitrogens with one attached hydrogen (secondary N) is 1. The maximum atomic E-state index is 4.73. The number of hydrogen-bond donors (Lipinski definition) is 1. The molecule has 1 aromatic heterocycles. The Morgan fingerprint density at radius 2 is 2.26 bits per heavy atom. The Balaban J connectivity index is 2.21. The quantitative estimate of drug-likeness (QED) is 0.898. The minimum absolute atomic E-state index is 0.681. The molecular weight excluding hydrogens is 256 g/mol. The van der Waals surface area contributed by atoms with Crippen molar-refractivity contribution >= 4 is 23.4 Å². The Hall–Kier alpha value is -0.970. The highest BCUT2D eigenvalue weighted by Gasteiger charge is 2.19. The van der Waals surface area contributed by atoms with Crippen molar-refractivity contribution in [2.24, 2.45) is 0 Å². The Morgan fingerprint density at radius 1 is 1.42 bits per heavy atom. The van der Waals surface area contributed by atoms with Crippen LogP contribution in [0.2, 0.25) is 0 Å². The molecule has 1 saturated heterocycles. The van der Waals surface area contributed by atoms with E-state index in [4.69, 9.17) is 4.98 Å². The van der Waals surface area contributed by atoms with Crippen LogP contribution >= 0.6 is 11.8 Å². The van der Waals surface area contributed by atoms with Crippen LogP contribution < -0.4 is 10.2 Å². The van der Waals surface area contributed by atoms with Gasteiger partial charge in [0.1, 0.15) is 17.5 Å². The number of anilines is 2. The van der Waals surface area contributed by atoms with Crippen molar-refractivity contribution in [3.63, 3.8) is 0 Å². The standard InChI is InChI=1S/C14H24N4S/c1-4-6-12-16-13(15-5-2)9-14(17-12)18-7-8-19-11(3)10-18/h9,11H,4-8,10H2,1-3H3,(H,15,16,17). The fourth-order valence-electron chi connectivity index (χ4n) is 2.28. The molecule has 1 atom stereocenters. The summed E-state index contributed by atoms with van der Waals surface area (Å²) < 4.78 is 0. The first-order valence-electron chi connectivity index (χ1n) is 7.21. The predicted molar refractivity (Wildman–Crippen MR) is 84.3 cm³/mol. The fourth-order valence-corrected chi connectivity index (χ4v) is 3.29. The van der Waals surface area contributed by atoms with Crippen molar-refractivity contribution in [3.05, 3.63) is 11.9 Å². The van der Waals surface area contributed by atoms with Crippen LogP contribution in [0.5, 0.6) is 0 Å². The van der Waals surface area contributed by atoms with Gasteiger partial charge in [-0.2, -0.15) is 11.8 Å². The number of rotatable bonds is 5. The normalized spacial score (nSPS) is 19.5. The van der Waals surface area contributed by atoms with Crippen molar-refractivity contribution < 1.29 is 0 Å². The summed E-state index contributed by atoms with van der Waals surface area (Å²) in [5.74, 6) is 4.19. The van der Waals surface area contributed by atoms with Crippen LogP contribution in [0.4, 0.5) is 11.6 Å². The van der Waals surface area contributed by atoms with E-state index < -0.39 is 0 Å². The summed E-state index contributed by atoms with van der Waals surface area (Å²) in [6.45, 7) is 9.62. The summed E-state index contributed by atoms with van der Waals surface area (Å²) in [7, 11) is 0. The average molecular weight is 280 g/mol. The summed E-state index contributed by atoms with van der Waals surface area (Å²) >= 11 is 2.04. The number of hydrogen-bond acceptors (Lipinski definition) is 5. The highest BCUT2D eigenvalue weighted by atomic mass is 32.2. The minimum atomic E-state index is 0.681. The molecule has 1 aliphatic rings. The third-order valence-electron chi connectivity index (χ3n) is 3.16. The number of nitrogens with zero attached hydrogens (tertiary/aromatic N) is 3. The van der Waals surface area contributed by atoms with Crippen molar-refractivity contribution in [3.8, 4) is 0 Å². The van der Waals surface area contributed by atoms with Gasteiger partial charge in [0.25, 0.3) is 0 Å². The molecule has 5 heteroatoms. The van der Waals surface area contributed by atoms with E-state index in [1.165, 1.54) is 5.75 Å². The van der Waals surface area contributed by atoms with Crippen molar-refractivity contribution in [1.82, 2.24) is 9.97 Å². The van der Waals surface area contributed by atoms with Gasteiger partial charge >= 0.3 is 0 Å². The molecular formula is C14H24N4S. The van der Waals surface area contributed by atoms with Crippen molar-refractivity contribution in [1.29, 1.82) is 0 Å². The Bertz CT molecular complexity index is 386.